The van der Waals surface area contributed by atoms with E-state index in [0.29, 0.717) is 0 Å². The fourth-order valence-electron chi connectivity index (χ4n) is 2.61. The molecule has 0 saturated carbocycles. The van der Waals surface area contributed by atoms with Crippen LogP contribution in [0.4, 0.5) is 0 Å². The molecule has 22 heavy (non-hydrogen) atoms. The lowest BCUT2D eigenvalue weighted by Crippen LogP contribution is -1.91. The van der Waals surface area contributed by atoms with Crippen molar-refractivity contribution in [1.82, 2.24) is 4.98 Å². The van der Waals surface area contributed by atoms with Gasteiger partial charge < -0.3 is 4.42 Å². The highest BCUT2D eigenvalue weighted by atomic mass is 32.1. The van der Waals surface area contributed by atoms with Crippen molar-refractivity contribution in [3.8, 4) is 32.8 Å². The Morgan fingerprint density at radius 3 is 2.50 bits per heavy atom. The first-order valence-corrected chi connectivity index (χ1v) is 7.92. The Hall–Kier alpha value is -2.65. The lowest BCUT2D eigenvalue weighted by Gasteiger charge is -2.12. The molecule has 0 saturated heterocycles. The molecule has 4 aromatic rings. The van der Waals surface area contributed by atoms with Gasteiger partial charge in [0.15, 0.2) is 0 Å². The van der Waals surface area contributed by atoms with Crippen molar-refractivity contribution in [3.05, 3.63) is 78.7 Å². The van der Waals surface area contributed by atoms with Gasteiger partial charge in [0, 0.05) is 22.2 Å². The van der Waals surface area contributed by atoms with E-state index in [4.69, 9.17) is 4.42 Å². The second kappa shape index (κ2) is 5.62. The normalized spacial score (nSPS) is 10.7. The van der Waals surface area contributed by atoms with Gasteiger partial charge in [-0.15, -0.1) is 11.3 Å². The number of nitrogens with zero attached hydrogens (tertiary/aromatic N) is 1. The number of aromatic nitrogens is 1. The molecule has 0 N–H and O–H groups in total. The van der Waals surface area contributed by atoms with Gasteiger partial charge in [0.25, 0.3) is 0 Å². The summed E-state index contributed by atoms with van der Waals surface area (Å²) in [6.45, 7) is 0. The van der Waals surface area contributed by atoms with Crippen LogP contribution < -0.4 is 0 Å². The van der Waals surface area contributed by atoms with Gasteiger partial charge in [-0.1, -0.05) is 36.4 Å². The second-order valence-corrected chi connectivity index (χ2v) is 5.89. The first-order valence-electron chi connectivity index (χ1n) is 7.04. The van der Waals surface area contributed by atoms with Crippen LogP contribution >= 0.6 is 11.3 Å². The van der Waals surface area contributed by atoms with E-state index < -0.39 is 0 Å². The fraction of sp³-hybridized carbons (Fsp3) is 0. The Kier molecular flexibility index (Phi) is 3.33. The maximum Gasteiger partial charge on any atom is 0.0996 e. The zero-order valence-electron chi connectivity index (χ0n) is 11.8. The summed E-state index contributed by atoms with van der Waals surface area (Å²) in [5.74, 6) is 0. The van der Waals surface area contributed by atoms with E-state index in [9.17, 15) is 0 Å². The van der Waals surface area contributed by atoms with Crippen molar-refractivity contribution in [2.75, 3.05) is 0 Å². The minimum atomic E-state index is 0.956. The molecule has 0 aliphatic rings. The Balaban J connectivity index is 2.02. The van der Waals surface area contributed by atoms with Crippen molar-refractivity contribution in [3.63, 3.8) is 0 Å². The van der Waals surface area contributed by atoms with Crippen LogP contribution in [-0.4, -0.2) is 4.98 Å². The van der Waals surface area contributed by atoms with Crippen molar-refractivity contribution in [2.45, 2.75) is 0 Å². The largest absolute Gasteiger partial charge is 0.472 e. The van der Waals surface area contributed by atoms with Crippen molar-refractivity contribution in [1.29, 1.82) is 0 Å². The molecular weight excluding hydrogens is 290 g/mol. The molecule has 0 fully saturated rings. The maximum atomic E-state index is 5.25. The van der Waals surface area contributed by atoms with Crippen molar-refractivity contribution < 1.29 is 4.42 Å². The van der Waals surface area contributed by atoms with Crippen LogP contribution in [0.5, 0.6) is 0 Å². The average molecular weight is 303 g/mol. The molecule has 1 aromatic carbocycles. The van der Waals surface area contributed by atoms with Crippen molar-refractivity contribution >= 4 is 11.3 Å². The highest BCUT2D eigenvalue weighted by molar-refractivity contribution is 7.13. The first-order chi connectivity index (χ1) is 10.9. The number of hydrogen-bond donors (Lipinski definition) is 0. The number of rotatable bonds is 3. The Morgan fingerprint density at radius 1 is 0.864 bits per heavy atom. The van der Waals surface area contributed by atoms with E-state index >= 15 is 0 Å². The molecule has 3 aromatic heterocycles. The summed E-state index contributed by atoms with van der Waals surface area (Å²) in [7, 11) is 0. The summed E-state index contributed by atoms with van der Waals surface area (Å²) in [6, 6.07) is 18.7. The zero-order chi connectivity index (χ0) is 14.8. The molecule has 0 aliphatic heterocycles. The molecule has 0 amide bonds. The third-order valence-corrected chi connectivity index (χ3v) is 4.49. The monoisotopic (exact) mass is 303 g/mol. The van der Waals surface area contributed by atoms with Gasteiger partial charge in [0.05, 0.1) is 18.2 Å². The Morgan fingerprint density at radius 2 is 1.77 bits per heavy atom. The van der Waals surface area contributed by atoms with Crippen LogP contribution in [0, 0.1) is 0 Å². The molecule has 3 heteroatoms. The molecular formula is C19H13NOS. The second-order valence-electron chi connectivity index (χ2n) is 4.94. The number of benzene rings is 1. The average Bonchev–Trinajstić information content (AvgIpc) is 3.28. The summed E-state index contributed by atoms with van der Waals surface area (Å²) in [4.78, 5) is 5.82. The van der Waals surface area contributed by atoms with Gasteiger partial charge in [0.2, 0.25) is 0 Å². The minimum Gasteiger partial charge on any atom is -0.472 e. The fourth-order valence-corrected chi connectivity index (χ4v) is 3.39. The summed E-state index contributed by atoms with van der Waals surface area (Å²) in [6.07, 6.45) is 5.29. The predicted octanol–water partition coefficient (Wildman–Crippen LogP) is 5.74. The predicted molar refractivity (Wildman–Crippen MR) is 90.7 cm³/mol. The zero-order valence-corrected chi connectivity index (χ0v) is 12.6. The van der Waals surface area contributed by atoms with Gasteiger partial charge in [-0.25, -0.2) is 0 Å². The van der Waals surface area contributed by atoms with E-state index in [-0.39, 0.29) is 0 Å². The lowest BCUT2D eigenvalue weighted by atomic mass is 9.96. The van der Waals surface area contributed by atoms with Crippen LogP contribution in [0.1, 0.15) is 0 Å². The SMILES string of the molecule is c1ccc(-c2ccnc(-c3ccoc3)c2-c2cccs2)cc1. The minimum absolute atomic E-state index is 0.956. The molecule has 0 bridgehead atoms. The van der Waals surface area contributed by atoms with Crippen LogP contribution in [0.15, 0.2) is 83.1 Å². The topological polar surface area (TPSA) is 26.0 Å². The summed E-state index contributed by atoms with van der Waals surface area (Å²) in [5.41, 5.74) is 5.50. The molecule has 0 radical (unpaired) electrons. The van der Waals surface area contributed by atoms with E-state index in [1.54, 1.807) is 23.9 Å². The summed E-state index contributed by atoms with van der Waals surface area (Å²) >= 11 is 1.73. The molecule has 0 atom stereocenters. The van der Waals surface area contributed by atoms with E-state index in [1.165, 1.54) is 16.0 Å². The molecule has 0 unspecified atom stereocenters. The Bertz CT molecular complexity index is 865. The quantitative estimate of drug-likeness (QED) is 0.482. The van der Waals surface area contributed by atoms with E-state index in [1.807, 2.05) is 18.3 Å². The lowest BCUT2D eigenvalue weighted by molar-refractivity contribution is 0.568. The van der Waals surface area contributed by atoms with Gasteiger partial charge in [-0.2, -0.15) is 0 Å². The third-order valence-electron chi connectivity index (χ3n) is 3.60. The number of pyridine rings is 1. The van der Waals surface area contributed by atoms with Crippen LogP contribution in [0.3, 0.4) is 0 Å². The number of hydrogen-bond acceptors (Lipinski definition) is 3. The van der Waals surface area contributed by atoms with Gasteiger partial charge in [-0.05, 0) is 34.7 Å². The van der Waals surface area contributed by atoms with Crippen LogP contribution in [-0.2, 0) is 0 Å². The highest BCUT2D eigenvalue weighted by Gasteiger charge is 2.16. The molecule has 0 spiro atoms. The third kappa shape index (κ3) is 2.26. The number of thiophene rings is 1. The standard InChI is InChI=1S/C19H13NOS/c1-2-5-14(6-3-1)16-8-10-20-19(15-9-11-21-13-15)18(16)17-7-4-12-22-17/h1-13H. The first kappa shape index (κ1) is 13.0. The van der Waals surface area contributed by atoms with Crippen molar-refractivity contribution in [2.24, 2.45) is 0 Å². The molecule has 0 aliphatic carbocycles. The highest BCUT2D eigenvalue weighted by Crippen LogP contribution is 2.40. The smallest absolute Gasteiger partial charge is 0.0996 e. The summed E-state index contributed by atoms with van der Waals surface area (Å²) < 4.78 is 5.25. The van der Waals surface area contributed by atoms with Gasteiger partial charge in [0.1, 0.15) is 0 Å². The Labute approximate surface area is 132 Å². The summed E-state index contributed by atoms with van der Waals surface area (Å²) in [5, 5.41) is 2.09. The van der Waals surface area contributed by atoms with Crippen LogP contribution in [0.25, 0.3) is 32.8 Å². The van der Waals surface area contributed by atoms with E-state index in [2.05, 4.69) is 52.8 Å². The van der Waals surface area contributed by atoms with Gasteiger partial charge >= 0.3 is 0 Å². The molecule has 106 valence electrons. The molecule has 2 nitrogen and oxygen atoms in total. The van der Waals surface area contributed by atoms with Gasteiger partial charge in [-0.3, -0.25) is 4.98 Å². The molecule has 4 rings (SSSR count). The number of furan rings is 1. The molecule has 3 heterocycles. The van der Waals surface area contributed by atoms with Crippen LogP contribution in [0.2, 0.25) is 0 Å². The maximum absolute atomic E-state index is 5.25. The van der Waals surface area contributed by atoms with E-state index in [0.717, 1.165) is 16.8 Å².